The van der Waals surface area contributed by atoms with Crippen molar-refractivity contribution in [2.24, 2.45) is 5.92 Å². The monoisotopic (exact) mass is 346 g/mol. The summed E-state index contributed by atoms with van der Waals surface area (Å²) in [5, 5.41) is 14.4. The number of halogens is 2. The number of carbonyl (C=O) groups is 2. The molecule has 1 atom stereocenters. The molecule has 0 bridgehead atoms. The second-order valence-electron chi connectivity index (χ2n) is 4.93. The lowest BCUT2D eigenvalue weighted by Gasteiger charge is -2.15. The molecule has 5 nitrogen and oxygen atoms in total. The number of carbonyl (C=O) groups excluding carboxylic acids is 2. The SMILES string of the molecule is CCCC(CCO)CNC(=O)C(=O)Nc1cccc(Cl)c1Cl. The van der Waals surface area contributed by atoms with Gasteiger partial charge >= 0.3 is 11.8 Å². The molecule has 0 spiro atoms. The van der Waals surface area contributed by atoms with Crippen molar-refractivity contribution in [3.63, 3.8) is 0 Å². The molecule has 1 aromatic rings. The molecular formula is C15H20Cl2N2O3. The molecule has 0 aliphatic heterocycles. The number of aliphatic hydroxyl groups excluding tert-OH is 1. The van der Waals surface area contributed by atoms with Crippen LogP contribution in [0.3, 0.4) is 0 Å². The number of rotatable bonds is 7. The molecule has 0 aromatic heterocycles. The summed E-state index contributed by atoms with van der Waals surface area (Å²) in [5.41, 5.74) is 0.287. The Kier molecular flexibility index (Phi) is 8.24. The van der Waals surface area contributed by atoms with E-state index in [1.807, 2.05) is 6.92 Å². The van der Waals surface area contributed by atoms with E-state index in [2.05, 4.69) is 10.6 Å². The minimum Gasteiger partial charge on any atom is -0.396 e. The zero-order valence-corrected chi connectivity index (χ0v) is 13.9. The van der Waals surface area contributed by atoms with Crippen LogP contribution in [0.4, 0.5) is 5.69 Å². The zero-order valence-electron chi connectivity index (χ0n) is 12.4. The lowest BCUT2D eigenvalue weighted by Crippen LogP contribution is -2.38. The Morgan fingerprint density at radius 1 is 1.23 bits per heavy atom. The van der Waals surface area contributed by atoms with E-state index in [4.69, 9.17) is 28.3 Å². The second kappa shape index (κ2) is 9.66. The van der Waals surface area contributed by atoms with Crippen molar-refractivity contribution in [1.29, 1.82) is 0 Å². The molecule has 0 aliphatic rings. The van der Waals surface area contributed by atoms with Gasteiger partial charge in [0.05, 0.1) is 15.7 Å². The quantitative estimate of drug-likeness (QED) is 0.664. The molecule has 3 N–H and O–H groups in total. The minimum atomic E-state index is -0.802. The first-order valence-electron chi connectivity index (χ1n) is 7.13. The summed E-state index contributed by atoms with van der Waals surface area (Å²) < 4.78 is 0. The first-order chi connectivity index (χ1) is 10.5. The molecule has 0 saturated heterocycles. The van der Waals surface area contributed by atoms with E-state index >= 15 is 0 Å². The predicted octanol–water partition coefficient (Wildman–Crippen LogP) is 2.85. The van der Waals surface area contributed by atoms with Gasteiger partial charge in [-0.25, -0.2) is 0 Å². The summed E-state index contributed by atoms with van der Waals surface area (Å²) >= 11 is 11.8. The van der Waals surface area contributed by atoms with E-state index in [0.717, 1.165) is 12.8 Å². The van der Waals surface area contributed by atoms with Crippen LogP contribution < -0.4 is 10.6 Å². The molecule has 0 saturated carbocycles. The molecule has 22 heavy (non-hydrogen) atoms. The Morgan fingerprint density at radius 2 is 1.95 bits per heavy atom. The van der Waals surface area contributed by atoms with Gasteiger partial charge in [-0.05, 0) is 30.9 Å². The van der Waals surface area contributed by atoms with Crippen LogP contribution in [0, 0.1) is 5.92 Å². The van der Waals surface area contributed by atoms with Crippen molar-refractivity contribution in [1.82, 2.24) is 5.32 Å². The van der Waals surface area contributed by atoms with Gasteiger partial charge in [-0.3, -0.25) is 9.59 Å². The van der Waals surface area contributed by atoms with Gasteiger partial charge in [0.1, 0.15) is 0 Å². The Balaban J connectivity index is 2.54. The maximum atomic E-state index is 11.8. The van der Waals surface area contributed by atoms with Gasteiger partial charge in [-0.2, -0.15) is 0 Å². The highest BCUT2D eigenvalue weighted by molar-refractivity contribution is 6.45. The van der Waals surface area contributed by atoms with Gasteiger partial charge in [0.2, 0.25) is 0 Å². The van der Waals surface area contributed by atoms with Gasteiger partial charge in [0.25, 0.3) is 0 Å². The third-order valence-corrected chi connectivity index (χ3v) is 4.01. The molecule has 1 aromatic carbocycles. The summed E-state index contributed by atoms with van der Waals surface area (Å²) in [6.45, 7) is 2.44. The number of nitrogens with one attached hydrogen (secondary N) is 2. The first-order valence-corrected chi connectivity index (χ1v) is 7.89. The second-order valence-corrected chi connectivity index (χ2v) is 5.72. The lowest BCUT2D eigenvalue weighted by molar-refractivity contribution is -0.136. The fourth-order valence-electron chi connectivity index (χ4n) is 2.04. The highest BCUT2D eigenvalue weighted by Crippen LogP contribution is 2.29. The van der Waals surface area contributed by atoms with Crippen LogP contribution in [0.1, 0.15) is 26.2 Å². The van der Waals surface area contributed by atoms with Gasteiger partial charge in [0.15, 0.2) is 0 Å². The average molecular weight is 347 g/mol. The van der Waals surface area contributed by atoms with Gasteiger partial charge in [-0.1, -0.05) is 42.6 Å². The maximum absolute atomic E-state index is 11.8. The van der Waals surface area contributed by atoms with E-state index < -0.39 is 11.8 Å². The van der Waals surface area contributed by atoms with Gasteiger partial charge in [-0.15, -0.1) is 0 Å². The molecule has 122 valence electrons. The maximum Gasteiger partial charge on any atom is 0.313 e. The Hall–Kier alpha value is -1.30. The van der Waals surface area contributed by atoms with Crippen LogP contribution in [0.25, 0.3) is 0 Å². The normalized spacial score (nSPS) is 11.8. The van der Waals surface area contributed by atoms with Crippen LogP contribution >= 0.6 is 23.2 Å². The number of hydrogen-bond acceptors (Lipinski definition) is 3. The van der Waals surface area contributed by atoms with Crippen molar-refractivity contribution in [2.75, 3.05) is 18.5 Å². The molecule has 0 fully saturated rings. The zero-order chi connectivity index (χ0) is 16.5. The first kappa shape index (κ1) is 18.7. The van der Waals surface area contributed by atoms with Crippen molar-refractivity contribution in [3.8, 4) is 0 Å². The minimum absolute atomic E-state index is 0.0604. The van der Waals surface area contributed by atoms with Gasteiger partial charge < -0.3 is 15.7 Å². The fraction of sp³-hybridized carbons (Fsp3) is 0.467. The van der Waals surface area contributed by atoms with E-state index in [9.17, 15) is 9.59 Å². The molecule has 0 heterocycles. The number of benzene rings is 1. The summed E-state index contributed by atoms with van der Waals surface area (Å²) in [6.07, 6.45) is 2.42. The third kappa shape index (κ3) is 5.83. The third-order valence-electron chi connectivity index (χ3n) is 3.19. The summed E-state index contributed by atoms with van der Waals surface area (Å²) in [5.74, 6) is -1.39. The fourth-order valence-corrected chi connectivity index (χ4v) is 2.38. The smallest absolute Gasteiger partial charge is 0.313 e. The topological polar surface area (TPSA) is 78.4 Å². The van der Waals surface area contributed by atoms with Crippen LogP contribution in [0.2, 0.25) is 10.0 Å². The summed E-state index contributed by atoms with van der Waals surface area (Å²) in [6, 6.07) is 4.77. The van der Waals surface area contributed by atoms with Crippen molar-refractivity contribution in [2.45, 2.75) is 26.2 Å². The molecule has 2 amide bonds. The van der Waals surface area contributed by atoms with E-state index in [1.165, 1.54) is 0 Å². The summed E-state index contributed by atoms with van der Waals surface area (Å²) in [7, 11) is 0. The molecule has 7 heteroatoms. The lowest BCUT2D eigenvalue weighted by atomic mass is 10.0. The Labute approximate surface area is 140 Å². The highest BCUT2D eigenvalue weighted by atomic mass is 35.5. The molecule has 0 radical (unpaired) electrons. The van der Waals surface area contributed by atoms with Crippen molar-refractivity contribution in [3.05, 3.63) is 28.2 Å². The number of hydrogen-bond donors (Lipinski definition) is 3. The number of amides is 2. The highest BCUT2D eigenvalue weighted by Gasteiger charge is 2.17. The van der Waals surface area contributed by atoms with Gasteiger partial charge in [0, 0.05) is 13.2 Å². The van der Waals surface area contributed by atoms with E-state index in [-0.39, 0.29) is 23.2 Å². The van der Waals surface area contributed by atoms with Crippen LogP contribution in [0.15, 0.2) is 18.2 Å². The van der Waals surface area contributed by atoms with E-state index in [1.54, 1.807) is 18.2 Å². The molecule has 1 unspecified atom stereocenters. The molecule has 0 aliphatic carbocycles. The average Bonchev–Trinajstić information content (AvgIpc) is 2.49. The van der Waals surface area contributed by atoms with Crippen molar-refractivity contribution >= 4 is 40.7 Å². The van der Waals surface area contributed by atoms with Crippen LogP contribution in [-0.2, 0) is 9.59 Å². The van der Waals surface area contributed by atoms with Crippen molar-refractivity contribution < 1.29 is 14.7 Å². The predicted molar refractivity (Wildman–Crippen MR) is 88.2 cm³/mol. The van der Waals surface area contributed by atoms with E-state index in [0.29, 0.717) is 18.0 Å². The molecule has 1 rings (SSSR count). The van der Waals surface area contributed by atoms with Crippen LogP contribution in [-0.4, -0.2) is 30.1 Å². The largest absolute Gasteiger partial charge is 0.396 e. The Bertz CT molecular complexity index is 518. The number of anilines is 1. The standard InChI is InChI=1S/C15H20Cl2N2O3/c1-2-4-10(7-8-20)9-18-14(21)15(22)19-12-6-3-5-11(16)13(12)17/h3,5-6,10,20H,2,4,7-9H2,1H3,(H,18,21)(H,19,22). The summed E-state index contributed by atoms with van der Waals surface area (Å²) in [4.78, 5) is 23.6. The number of aliphatic hydroxyl groups is 1. The Morgan fingerprint density at radius 3 is 2.59 bits per heavy atom. The molecular weight excluding hydrogens is 327 g/mol. The van der Waals surface area contributed by atoms with Crippen LogP contribution in [0.5, 0.6) is 0 Å².